The number of hydrogen-bond donors (Lipinski definition) is 2. The highest BCUT2D eigenvalue weighted by atomic mass is 79.9. The second-order valence-electron chi connectivity index (χ2n) is 4.03. The van der Waals surface area contributed by atoms with Crippen molar-refractivity contribution in [3.05, 3.63) is 52.0 Å². The predicted molar refractivity (Wildman–Crippen MR) is 79.4 cm³/mol. The van der Waals surface area contributed by atoms with Gasteiger partial charge in [0.15, 0.2) is 5.78 Å². The van der Waals surface area contributed by atoms with Gasteiger partial charge in [-0.15, -0.1) is 0 Å². The molecular formula is C14H13BrN2O2. The first-order valence-electron chi connectivity index (χ1n) is 5.56. The molecular weight excluding hydrogens is 308 g/mol. The molecule has 2 aromatic rings. The molecule has 0 heterocycles. The van der Waals surface area contributed by atoms with Crippen molar-refractivity contribution < 1.29 is 9.53 Å². The summed E-state index contributed by atoms with van der Waals surface area (Å²) >= 11 is 3.35. The molecule has 0 spiro atoms. The Morgan fingerprint density at radius 1 is 1.16 bits per heavy atom. The summed E-state index contributed by atoms with van der Waals surface area (Å²) in [6.45, 7) is 0. The first-order chi connectivity index (χ1) is 9.02. The lowest BCUT2D eigenvalue weighted by Gasteiger charge is -2.08. The maximum absolute atomic E-state index is 12.3. The van der Waals surface area contributed by atoms with Gasteiger partial charge in [0.05, 0.1) is 11.6 Å². The molecule has 0 saturated heterocycles. The summed E-state index contributed by atoms with van der Waals surface area (Å²) in [5, 5.41) is 0. The molecule has 2 aromatic carbocycles. The third-order valence-electron chi connectivity index (χ3n) is 2.73. The first-order valence-corrected chi connectivity index (χ1v) is 6.35. The minimum absolute atomic E-state index is 0.152. The normalized spacial score (nSPS) is 10.2. The maximum atomic E-state index is 12.3. The summed E-state index contributed by atoms with van der Waals surface area (Å²) in [5.74, 6) is 0.516. The van der Waals surface area contributed by atoms with Gasteiger partial charge in [0, 0.05) is 22.5 Å². The minimum Gasteiger partial charge on any atom is -0.496 e. The van der Waals surface area contributed by atoms with E-state index >= 15 is 0 Å². The van der Waals surface area contributed by atoms with E-state index in [1.165, 1.54) is 0 Å². The summed E-state index contributed by atoms with van der Waals surface area (Å²) in [6, 6.07) is 9.99. The zero-order valence-corrected chi connectivity index (χ0v) is 11.9. The Balaban J connectivity index is 2.41. The van der Waals surface area contributed by atoms with Gasteiger partial charge in [0.1, 0.15) is 5.75 Å². The van der Waals surface area contributed by atoms with E-state index in [0.29, 0.717) is 28.3 Å². The van der Waals surface area contributed by atoms with Gasteiger partial charge in [-0.3, -0.25) is 4.79 Å². The van der Waals surface area contributed by atoms with Crippen LogP contribution < -0.4 is 16.2 Å². The van der Waals surface area contributed by atoms with E-state index in [0.717, 1.165) is 4.47 Å². The molecule has 0 aromatic heterocycles. The third-order valence-corrected chi connectivity index (χ3v) is 3.35. The topological polar surface area (TPSA) is 78.3 Å². The van der Waals surface area contributed by atoms with Crippen molar-refractivity contribution in [3.8, 4) is 5.75 Å². The number of methoxy groups -OCH3 is 1. The molecule has 0 amide bonds. The van der Waals surface area contributed by atoms with Gasteiger partial charge in [-0.05, 0) is 52.3 Å². The number of carbonyl (C=O) groups is 1. The average Bonchev–Trinajstić information content (AvgIpc) is 2.38. The number of anilines is 2. The molecule has 19 heavy (non-hydrogen) atoms. The highest BCUT2D eigenvalue weighted by Crippen LogP contribution is 2.27. The minimum atomic E-state index is -0.152. The third kappa shape index (κ3) is 2.71. The Kier molecular flexibility index (Phi) is 3.76. The van der Waals surface area contributed by atoms with Gasteiger partial charge < -0.3 is 16.2 Å². The van der Waals surface area contributed by atoms with Crippen LogP contribution in [-0.4, -0.2) is 12.9 Å². The quantitative estimate of drug-likeness (QED) is 0.673. The highest BCUT2D eigenvalue weighted by Gasteiger charge is 2.14. The van der Waals surface area contributed by atoms with Crippen LogP contribution in [0.5, 0.6) is 5.75 Å². The van der Waals surface area contributed by atoms with Crippen LogP contribution in [0.3, 0.4) is 0 Å². The first kappa shape index (κ1) is 13.4. The molecule has 5 heteroatoms. The summed E-state index contributed by atoms with van der Waals surface area (Å²) in [6.07, 6.45) is 0. The van der Waals surface area contributed by atoms with Crippen molar-refractivity contribution >= 4 is 33.1 Å². The molecule has 0 bridgehead atoms. The van der Waals surface area contributed by atoms with E-state index in [1.807, 2.05) is 0 Å². The number of ether oxygens (including phenoxy) is 1. The molecule has 0 unspecified atom stereocenters. The number of benzene rings is 2. The molecule has 2 rings (SSSR count). The van der Waals surface area contributed by atoms with Crippen molar-refractivity contribution in [3.63, 3.8) is 0 Å². The summed E-state index contributed by atoms with van der Waals surface area (Å²) in [4.78, 5) is 12.3. The van der Waals surface area contributed by atoms with E-state index in [1.54, 1.807) is 43.5 Å². The Morgan fingerprint density at radius 3 is 2.47 bits per heavy atom. The average molecular weight is 321 g/mol. The molecule has 0 fully saturated rings. The van der Waals surface area contributed by atoms with Gasteiger partial charge in [-0.1, -0.05) is 0 Å². The monoisotopic (exact) mass is 320 g/mol. The van der Waals surface area contributed by atoms with E-state index in [9.17, 15) is 4.79 Å². The van der Waals surface area contributed by atoms with Gasteiger partial charge >= 0.3 is 0 Å². The number of hydrogen-bond acceptors (Lipinski definition) is 4. The zero-order valence-electron chi connectivity index (χ0n) is 10.3. The fraction of sp³-hybridized carbons (Fsp3) is 0.0714. The number of carbonyl (C=O) groups excluding carboxylic acids is 1. The van der Waals surface area contributed by atoms with Crippen molar-refractivity contribution in [2.75, 3.05) is 18.6 Å². The van der Waals surface area contributed by atoms with Crippen LogP contribution >= 0.6 is 15.9 Å². The van der Waals surface area contributed by atoms with Gasteiger partial charge in [-0.2, -0.15) is 0 Å². The summed E-state index contributed by atoms with van der Waals surface area (Å²) in [7, 11) is 1.57. The number of halogens is 1. The molecule has 0 atom stereocenters. The van der Waals surface area contributed by atoms with E-state index in [2.05, 4.69) is 15.9 Å². The fourth-order valence-corrected chi connectivity index (χ4v) is 2.29. The van der Waals surface area contributed by atoms with Crippen molar-refractivity contribution in [1.82, 2.24) is 0 Å². The molecule has 98 valence electrons. The summed E-state index contributed by atoms with van der Waals surface area (Å²) in [5.41, 5.74) is 13.3. The lowest BCUT2D eigenvalue weighted by molar-refractivity contribution is 0.103. The molecule has 4 N–H and O–H groups in total. The van der Waals surface area contributed by atoms with Crippen LogP contribution in [0, 0.1) is 0 Å². The Hall–Kier alpha value is -2.01. The van der Waals surface area contributed by atoms with Crippen molar-refractivity contribution in [1.29, 1.82) is 0 Å². The Labute approximate surface area is 119 Å². The molecule has 0 aliphatic heterocycles. The van der Waals surface area contributed by atoms with Crippen LogP contribution in [0.25, 0.3) is 0 Å². The van der Waals surface area contributed by atoms with Crippen molar-refractivity contribution in [2.24, 2.45) is 0 Å². The molecule has 0 saturated carbocycles. The molecule has 0 aliphatic rings. The molecule has 4 nitrogen and oxygen atoms in total. The Bertz CT molecular complexity index is 641. The zero-order chi connectivity index (χ0) is 14.0. The maximum Gasteiger partial charge on any atom is 0.195 e. The van der Waals surface area contributed by atoms with E-state index in [-0.39, 0.29) is 5.78 Å². The van der Waals surface area contributed by atoms with Crippen LogP contribution in [0.4, 0.5) is 11.4 Å². The fourth-order valence-electron chi connectivity index (χ4n) is 1.75. The molecule has 0 aliphatic carbocycles. The lowest BCUT2D eigenvalue weighted by atomic mass is 10.0. The lowest BCUT2D eigenvalue weighted by Crippen LogP contribution is -2.06. The number of rotatable bonds is 3. The van der Waals surface area contributed by atoms with Crippen LogP contribution in [-0.2, 0) is 0 Å². The number of nitrogens with two attached hydrogens (primary N) is 2. The van der Waals surface area contributed by atoms with Crippen molar-refractivity contribution in [2.45, 2.75) is 0 Å². The Morgan fingerprint density at radius 2 is 1.89 bits per heavy atom. The van der Waals surface area contributed by atoms with Crippen LogP contribution in [0.1, 0.15) is 15.9 Å². The van der Waals surface area contributed by atoms with Gasteiger partial charge in [0.25, 0.3) is 0 Å². The van der Waals surface area contributed by atoms with Gasteiger partial charge in [0.2, 0.25) is 0 Å². The predicted octanol–water partition coefficient (Wildman–Crippen LogP) is 2.85. The smallest absolute Gasteiger partial charge is 0.195 e. The SMILES string of the molecule is COc1ccc(C(=O)c2ccc(N)cc2N)cc1Br. The number of ketones is 1. The number of nitrogen functional groups attached to an aromatic ring is 2. The highest BCUT2D eigenvalue weighted by molar-refractivity contribution is 9.10. The van der Waals surface area contributed by atoms with Crippen LogP contribution in [0.15, 0.2) is 40.9 Å². The van der Waals surface area contributed by atoms with Crippen LogP contribution in [0.2, 0.25) is 0 Å². The van der Waals surface area contributed by atoms with E-state index in [4.69, 9.17) is 16.2 Å². The second kappa shape index (κ2) is 5.32. The van der Waals surface area contributed by atoms with Gasteiger partial charge in [-0.25, -0.2) is 0 Å². The standard InChI is InChI=1S/C14H13BrN2O2/c1-19-13-5-2-8(6-11(13)15)14(18)10-4-3-9(16)7-12(10)17/h2-7H,16-17H2,1H3. The second-order valence-corrected chi connectivity index (χ2v) is 4.88. The summed E-state index contributed by atoms with van der Waals surface area (Å²) < 4.78 is 5.84. The van der Waals surface area contributed by atoms with E-state index < -0.39 is 0 Å². The largest absolute Gasteiger partial charge is 0.496 e. The molecule has 0 radical (unpaired) electrons.